The van der Waals surface area contributed by atoms with Gasteiger partial charge in [-0.1, -0.05) is 84.9 Å². The zero-order chi connectivity index (χ0) is 33.4. The summed E-state index contributed by atoms with van der Waals surface area (Å²) in [7, 11) is -10.7. The third-order valence-corrected chi connectivity index (χ3v) is 6.42. The van der Waals surface area contributed by atoms with Crippen molar-refractivity contribution >= 4 is 51.4 Å². The molecule has 245 valence electrons. The first-order valence-corrected chi connectivity index (χ1v) is 16.0. The van der Waals surface area contributed by atoms with Gasteiger partial charge in [-0.05, 0) is 36.4 Å². The Bertz CT molecular complexity index is 1990. The van der Waals surface area contributed by atoms with E-state index in [1.165, 1.54) is 0 Å². The molecule has 3 aromatic carbocycles. The maximum absolute atomic E-state index is 10.7. The molecule has 5 heterocycles. The van der Waals surface area contributed by atoms with Crippen molar-refractivity contribution in [3.8, 4) is 11.3 Å². The Kier molecular flexibility index (Phi) is 10.8. The summed E-state index contributed by atoms with van der Waals surface area (Å²) in [6, 6.07) is 40.4. The van der Waals surface area contributed by atoms with Gasteiger partial charge in [0.05, 0.1) is 27.8 Å². The van der Waals surface area contributed by atoms with Gasteiger partial charge in [0.2, 0.25) is 0 Å². The minimum Gasteiger partial charge on any atom is -0.256 e. The van der Waals surface area contributed by atoms with Gasteiger partial charge in [0, 0.05) is 58.1 Å². The molecule has 1 radical (unpaired) electrons. The van der Waals surface area contributed by atoms with Crippen molar-refractivity contribution in [3.05, 3.63) is 152 Å². The van der Waals surface area contributed by atoms with E-state index in [4.69, 9.17) is 0 Å². The molecule has 0 bridgehead atoms. The van der Waals surface area contributed by atoms with E-state index in [9.17, 15) is 25.2 Å². The fourth-order valence-electron chi connectivity index (χ4n) is 4.50. The Morgan fingerprint density at radius 3 is 0.958 bits per heavy atom. The van der Waals surface area contributed by atoms with Crippen LogP contribution < -0.4 is 0 Å². The Hall–Kier alpha value is -4.90. The molecule has 8 rings (SSSR count). The molecular weight excluding hydrogens is 826 g/mol. The van der Waals surface area contributed by atoms with Gasteiger partial charge in [-0.3, -0.25) is 24.9 Å². The van der Waals surface area contributed by atoms with Crippen LogP contribution in [0, 0.1) is 0 Å². The molecule has 0 aliphatic heterocycles. The van der Waals surface area contributed by atoms with Gasteiger partial charge in [0.1, 0.15) is 0 Å². The fraction of sp³-hybridized carbons (Fsp3) is 0. The van der Waals surface area contributed by atoms with Crippen molar-refractivity contribution in [2.24, 2.45) is 0 Å². The summed E-state index contributed by atoms with van der Waals surface area (Å²) in [5.41, 5.74) is 6.10. The number of halogens is 6. The molecule has 0 saturated carbocycles. The summed E-state index contributed by atoms with van der Waals surface area (Å²) < 4.78 is 59.2. The molecule has 0 atom stereocenters. The van der Waals surface area contributed by atoms with Crippen molar-refractivity contribution in [3.63, 3.8) is 0 Å². The molecule has 0 amide bonds. The average molecular weight is 851 g/mol. The first-order valence-electron chi connectivity index (χ1n) is 14.0. The van der Waals surface area contributed by atoms with Crippen LogP contribution in [0.3, 0.4) is 0 Å². The van der Waals surface area contributed by atoms with Gasteiger partial charge in [-0.15, -0.1) is 0 Å². The van der Waals surface area contributed by atoms with Gasteiger partial charge in [0.15, 0.2) is 0 Å². The number of fused-ring (bicyclic) bond motifs is 6. The van der Waals surface area contributed by atoms with E-state index in [1.807, 2.05) is 66.9 Å². The van der Waals surface area contributed by atoms with E-state index in [-0.39, 0.29) is 19.8 Å². The Balaban J connectivity index is 0.000000148. The fourth-order valence-corrected chi connectivity index (χ4v) is 4.50. The van der Waals surface area contributed by atoms with Gasteiger partial charge in [0.25, 0.3) is 0 Å². The Morgan fingerprint density at radius 1 is 0.333 bits per heavy atom. The van der Waals surface area contributed by atoms with E-state index in [2.05, 4.69) is 85.6 Å². The number of nitrogens with zero attached hydrogens (tertiary/aromatic N) is 5. The summed E-state index contributed by atoms with van der Waals surface area (Å²) in [4.78, 5) is 21.6. The van der Waals surface area contributed by atoms with Crippen molar-refractivity contribution in [1.82, 2.24) is 24.9 Å². The van der Waals surface area contributed by atoms with Crippen molar-refractivity contribution in [2.45, 2.75) is 0 Å². The first-order chi connectivity index (χ1) is 22.3. The molecule has 0 fully saturated rings. The molecule has 0 aliphatic carbocycles. The van der Waals surface area contributed by atoms with Crippen LogP contribution in [0.15, 0.2) is 152 Å². The number of benzene rings is 3. The maximum atomic E-state index is 9.87. The van der Waals surface area contributed by atoms with Crippen LogP contribution in [0.5, 0.6) is 0 Å². The number of rotatable bonds is 1. The third kappa shape index (κ3) is 11.1. The second kappa shape index (κ2) is 14.5. The molecule has 48 heavy (non-hydrogen) atoms. The summed E-state index contributed by atoms with van der Waals surface area (Å²) in [6.07, 6.45) is 9.02. The normalized spacial score (nSPS) is 12.1. The average Bonchev–Trinajstić information content (AvgIpc) is 3.08. The number of hydrogen-bond acceptors (Lipinski definition) is 5. The minimum absolute atomic E-state index is 0. The third-order valence-electron chi connectivity index (χ3n) is 6.42. The topological polar surface area (TPSA) is 64.5 Å². The van der Waals surface area contributed by atoms with Crippen LogP contribution in [-0.2, 0) is 19.8 Å². The minimum atomic E-state index is -10.7. The second-order valence-corrected chi connectivity index (χ2v) is 11.9. The number of hydrogen-bond donors (Lipinski definition) is 0. The standard InChI is InChI=1S/2C12H8N2.C11H9N.F6P.Os/c2*1-3-9-5-6-10-4-2-8-14-12(10)11(9)13-7-1;1-2-6-10(7-3-1)11-8-4-5-9-12-11;1-7(2,3,4,5)6;/h2*1-8H;1-9H;;/q;;;-1;+1. The van der Waals surface area contributed by atoms with E-state index in [0.29, 0.717) is 0 Å². The smallest absolute Gasteiger partial charge is 0.256 e. The van der Waals surface area contributed by atoms with Crippen LogP contribution in [0.2, 0.25) is 0 Å². The molecule has 0 N–H and O–H groups in total. The molecule has 8 aromatic rings. The monoisotopic (exact) mass is 852 g/mol. The molecule has 0 spiro atoms. The van der Waals surface area contributed by atoms with E-state index >= 15 is 0 Å². The predicted octanol–water partition coefficient (Wildman–Crippen LogP) is 11.7. The van der Waals surface area contributed by atoms with Crippen molar-refractivity contribution in [2.75, 3.05) is 0 Å². The second-order valence-electron chi connectivity index (χ2n) is 9.97. The molecule has 0 aliphatic rings. The summed E-state index contributed by atoms with van der Waals surface area (Å²) in [5, 5.41) is 4.55. The Morgan fingerprint density at radius 2 is 0.646 bits per heavy atom. The van der Waals surface area contributed by atoms with E-state index < -0.39 is 7.81 Å². The Labute approximate surface area is 284 Å². The summed E-state index contributed by atoms with van der Waals surface area (Å²) in [6.45, 7) is 0. The zero-order valence-electron chi connectivity index (χ0n) is 24.7. The molecule has 0 unspecified atom stereocenters. The first kappa shape index (κ1) is 35.9. The maximum Gasteiger partial charge on any atom is 1.00 e. The van der Waals surface area contributed by atoms with Crippen molar-refractivity contribution < 1.29 is 45.0 Å². The number of pyridine rings is 5. The SMILES string of the molecule is F[P-](F)(F)(F)(F)F.[Os+].c1ccc(-c2ccccn2)cc1.c1cnc2c(c1)ccc1cccnc12.c1cnc2c(c1)ccc1cccnc12. The summed E-state index contributed by atoms with van der Waals surface area (Å²) >= 11 is 0. The molecule has 5 nitrogen and oxygen atoms in total. The van der Waals surface area contributed by atoms with Crippen molar-refractivity contribution in [1.29, 1.82) is 0 Å². The largest absolute Gasteiger partial charge is 1.00 e. The van der Waals surface area contributed by atoms with Gasteiger partial charge >= 0.3 is 52.8 Å². The molecule has 13 heteroatoms. The van der Waals surface area contributed by atoms with Gasteiger partial charge < -0.3 is 0 Å². The zero-order valence-corrected chi connectivity index (χ0v) is 28.2. The number of aromatic nitrogens is 5. The quantitative estimate of drug-likeness (QED) is 0.0935. The predicted molar refractivity (Wildman–Crippen MR) is 177 cm³/mol. The van der Waals surface area contributed by atoms with Crippen LogP contribution in [-0.4, -0.2) is 24.9 Å². The van der Waals surface area contributed by atoms with E-state index in [1.54, 1.807) is 24.8 Å². The molecule has 0 saturated heterocycles. The van der Waals surface area contributed by atoms with Crippen LogP contribution in [0.1, 0.15) is 0 Å². The molecular formula is C35H25F6N5OsP. The molecule has 5 aromatic heterocycles. The van der Waals surface area contributed by atoms with Crippen LogP contribution in [0.4, 0.5) is 25.2 Å². The van der Waals surface area contributed by atoms with Crippen LogP contribution in [0.25, 0.3) is 54.9 Å². The van der Waals surface area contributed by atoms with Gasteiger partial charge in [-0.25, -0.2) is 0 Å². The van der Waals surface area contributed by atoms with Crippen LogP contribution >= 0.6 is 7.81 Å². The van der Waals surface area contributed by atoms with Gasteiger partial charge in [-0.2, -0.15) is 0 Å². The van der Waals surface area contributed by atoms with E-state index in [0.717, 1.165) is 54.9 Å². The summed E-state index contributed by atoms with van der Waals surface area (Å²) in [5.74, 6) is 0.